The lowest BCUT2D eigenvalue weighted by Gasteiger charge is -2.66. The van der Waals surface area contributed by atoms with Crippen LogP contribution >= 0.6 is 0 Å². The van der Waals surface area contributed by atoms with Gasteiger partial charge in [-0.25, -0.2) is 0 Å². The average Bonchev–Trinajstić information content (AvgIpc) is 2.55. The number of hydrogen-bond donors (Lipinski definition) is 2. The Morgan fingerprint density at radius 1 is 0.692 bits per heavy atom. The summed E-state index contributed by atoms with van der Waals surface area (Å²) in [7, 11) is 0. The van der Waals surface area contributed by atoms with Crippen LogP contribution in [0.5, 0.6) is 0 Å². The molecule has 0 aliphatic heterocycles. The summed E-state index contributed by atoms with van der Waals surface area (Å²) < 4.78 is 0. The highest BCUT2D eigenvalue weighted by molar-refractivity contribution is 5.84. The molecule has 2 N–H and O–H groups in total. The second-order valence-electron chi connectivity index (χ2n) is 11.0. The van der Waals surface area contributed by atoms with Crippen LogP contribution in [0.1, 0.15) is 57.8 Å². The van der Waals surface area contributed by atoms with E-state index in [0.717, 1.165) is 30.1 Å². The van der Waals surface area contributed by atoms with Crippen molar-refractivity contribution >= 4 is 11.9 Å². The molecule has 8 aliphatic carbocycles. The fraction of sp³-hybridized carbons (Fsp3) is 0.909. The SMILES string of the molecule is O=C(O)C1C2CC3CC(CC1(C(=O)O)C3)C2C1C2CC3CC(C2)CC1C3. The van der Waals surface area contributed by atoms with Gasteiger partial charge in [0.2, 0.25) is 0 Å². The van der Waals surface area contributed by atoms with E-state index in [4.69, 9.17) is 0 Å². The number of hydrogen-bond acceptors (Lipinski definition) is 2. The topological polar surface area (TPSA) is 74.6 Å². The standard InChI is InChI=1S/C22H30O4/c23-20(24)19-16-7-12-6-15(9-22(19,8-12)21(25)26)18(16)17-13-2-10-1-11(4-13)5-14(17)3-10/h10-19H,1-9H2,(H,23,24)(H,25,26). The zero-order valence-electron chi connectivity index (χ0n) is 15.3. The molecule has 26 heavy (non-hydrogen) atoms. The van der Waals surface area contributed by atoms with E-state index in [9.17, 15) is 19.8 Å². The number of aliphatic carboxylic acids is 2. The molecule has 8 rings (SSSR count). The minimum Gasteiger partial charge on any atom is -0.481 e. The van der Waals surface area contributed by atoms with Crippen LogP contribution in [0.2, 0.25) is 0 Å². The molecular formula is C22H30O4. The zero-order chi connectivity index (χ0) is 17.8. The van der Waals surface area contributed by atoms with Crippen LogP contribution in [0.15, 0.2) is 0 Å². The van der Waals surface area contributed by atoms with Crippen molar-refractivity contribution in [2.75, 3.05) is 0 Å². The molecule has 0 heterocycles. The molecule has 4 nitrogen and oxygen atoms in total. The predicted molar refractivity (Wildman–Crippen MR) is 94.2 cm³/mol. The first-order valence-corrected chi connectivity index (χ1v) is 10.9. The number of carbonyl (C=O) groups is 2. The van der Waals surface area contributed by atoms with E-state index in [0.29, 0.717) is 36.5 Å². The van der Waals surface area contributed by atoms with E-state index in [1.165, 1.54) is 38.5 Å². The highest BCUT2D eigenvalue weighted by Crippen LogP contribution is 2.70. The Morgan fingerprint density at radius 3 is 1.88 bits per heavy atom. The summed E-state index contributed by atoms with van der Waals surface area (Å²) >= 11 is 0. The Bertz CT molecular complexity index is 643. The van der Waals surface area contributed by atoms with Crippen LogP contribution in [-0.2, 0) is 9.59 Å². The van der Waals surface area contributed by atoms with E-state index in [1.54, 1.807) is 0 Å². The van der Waals surface area contributed by atoms with Crippen LogP contribution in [0.3, 0.4) is 0 Å². The molecule has 142 valence electrons. The number of fused-ring (bicyclic) bond motifs is 1. The van der Waals surface area contributed by atoms with Gasteiger partial charge in [-0.15, -0.1) is 0 Å². The van der Waals surface area contributed by atoms with E-state index < -0.39 is 23.3 Å². The summed E-state index contributed by atoms with van der Waals surface area (Å²) in [4.78, 5) is 24.5. The van der Waals surface area contributed by atoms with Gasteiger partial charge in [0.25, 0.3) is 0 Å². The third kappa shape index (κ3) is 1.87. The number of carboxylic acid groups (broad SMARTS) is 2. The predicted octanol–water partition coefficient (Wildman–Crippen LogP) is 3.90. The maximum absolute atomic E-state index is 12.3. The van der Waals surface area contributed by atoms with Crippen LogP contribution < -0.4 is 0 Å². The molecule has 0 amide bonds. The van der Waals surface area contributed by atoms with Crippen molar-refractivity contribution in [3.05, 3.63) is 0 Å². The maximum atomic E-state index is 12.3. The molecular weight excluding hydrogens is 328 g/mol. The summed E-state index contributed by atoms with van der Waals surface area (Å²) in [6.07, 6.45) is 10.3. The molecule has 8 aliphatic rings. The second kappa shape index (κ2) is 5.05. The van der Waals surface area contributed by atoms with Gasteiger partial charge in [-0.2, -0.15) is 0 Å². The van der Waals surface area contributed by atoms with Crippen molar-refractivity contribution in [3.8, 4) is 0 Å². The molecule has 8 fully saturated rings. The first kappa shape index (κ1) is 15.9. The first-order chi connectivity index (χ1) is 12.5. The van der Waals surface area contributed by atoms with Gasteiger partial charge in [-0.1, -0.05) is 0 Å². The van der Waals surface area contributed by atoms with Crippen LogP contribution in [-0.4, -0.2) is 22.2 Å². The first-order valence-electron chi connectivity index (χ1n) is 10.9. The van der Waals surface area contributed by atoms with Crippen molar-refractivity contribution in [1.29, 1.82) is 0 Å². The lowest BCUT2D eigenvalue weighted by Crippen LogP contribution is -2.65. The van der Waals surface area contributed by atoms with Gasteiger partial charge in [0.05, 0.1) is 11.3 Å². The molecule has 6 unspecified atom stereocenters. The fourth-order valence-electron chi connectivity index (χ4n) is 9.97. The van der Waals surface area contributed by atoms with E-state index in [-0.39, 0.29) is 5.92 Å². The second-order valence-corrected chi connectivity index (χ2v) is 11.0. The summed E-state index contributed by atoms with van der Waals surface area (Å²) in [5, 5.41) is 20.1. The average molecular weight is 358 g/mol. The van der Waals surface area contributed by atoms with E-state index >= 15 is 0 Å². The highest BCUT2D eigenvalue weighted by Gasteiger charge is 2.68. The van der Waals surface area contributed by atoms with Crippen molar-refractivity contribution in [2.45, 2.75) is 57.8 Å². The monoisotopic (exact) mass is 358 g/mol. The molecule has 6 atom stereocenters. The summed E-state index contributed by atoms with van der Waals surface area (Å²) in [6, 6.07) is 0. The van der Waals surface area contributed by atoms with Gasteiger partial charge in [0.1, 0.15) is 0 Å². The molecule has 0 aromatic carbocycles. The molecule has 8 saturated carbocycles. The van der Waals surface area contributed by atoms with Crippen molar-refractivity contribution < 1.29 is 19.8 Å². The Balaban J connectivity index is 1.40. The normalized spacial score (nSPS) is 58.9. The Kier molecular flexibility index (Phi) is 3.10. The minimum absolute atomic E-state index is 0.123. The summed E-state index contributed by atoms with van der Waals surface area (Å²) in [5.41, 5.74) is -0.968. The molecule has 8 bridgehead atoms. The van der Waals surface area contributed by atoms with Gasteiger partial charge in [-0.3, -0.25) is 9.59 Å². The van der Waals surface area contributed by atoms with Crippen molar-refractivity contribution in [1.82, 2.24) is 0 Å². The Hall–Kier alpha value is -1.06. The fourth-order valence-corrected chi connectivity index (χ4v) is 9.97. The van der Waals surface area contributed by atoms with Gasteiger partial charge in [0.15, 0.2) is 0 Å². The minimum atomic E-state index is -0.968. The summed E-state index contributed by atoms with van der Waals surface area (Å²) in [5.74, 6) is 3.44. The van der Waals surface area contributed by atoms with E-state index in [1.807, 2.05) is 0 Å². The van der Waals surface area contributed by atoms with Crippen molar-refractivity contribution in [2.24, 2.45) is 64.6 Å². The zero-order valence-corrected chi connectivity index (χ0v) is 15.3. The smallest absolute Gasteiger partial charge is 0.310 e. The number of carboxylic acids is 2. The van der Waals surface area contributed by atoms with Gasteiger partial charge < -0.3 is 10.2 Å². The van der Waals surface area contributed by atoms with E-state index in [2.05, 4.69) is 0 Å². The van der Waals surface area contributed by atoms with Gasteiger partial charge in [0, 0.05) is 0 Å². The Morgan fingerprint density at radius 2 is 1.31 bits per heavy atom. The third-order valence-electron chi connectivity index (χ3n) is 10.0. The lowest BCUT2D eigenvalue weighted by molar-refractivity contribution is -0.215. The molecule has 4 heteroatoms. The van der Waals surface area contributed by atoms with Gasteiger partial charge in [-0.05, 0) is 111 Å². The maximum Gasteiger partial charge on any atom is 0.310 e. The molecule has 0 radical (unpaired) electrons. The molecule has 0 saturated heterocycles. The number of rotatable bonds is 3. The van der Waals surface area contributed by atoms with Crippen LogP contribution in [0.25, 0.3) is 0 Å². The van der Waals surface area contributed by atoms with Crippen LogP contribution in [0, 0.1) is 64.6 Å². The summed E-state index contributed by atoms with van der Waals surface area (Å²) in [6.45, 7) is 0. The Labute approximate surface area is 154 Å². The molecule has 0 spiro atoms. The van der Waals surface area contributed by atoms with Gasteiger partial charge >= 0.3 is 11.9 Å². The largest absolute Gasteiger partial charge is 0.481 e. The molecule has 0 aromatic rings. The quantitative estimate of drug-likeness (QED) is 0.802. The van der Waals surface area contributed by atoms with Crippen LogP contribution in [0.4, 0.5) is 0 Å². The lowest BCUT2D eigenvalue weighted by atomic mass is 9.37. The van der Waals surface area contributed by atoms with Crippen molar-refractivity contribution in [3.63, 3.8) is 0 Å². The molecule has 0 aromatic heterocycles. The third-order valence-corrected chi connectivity index (χ3v) is 10.0. The highest BCUT2D eigenvalue weighted by atomic mass is 16.4.